The molecule has 0 saturated heterocycles. The van der Waals surface area contributed by atoms with Crippen molar-refractivity contribution < 1.29 is 9.90 Å². The zero-order valence-corrected chi connectivity index (χ0v) is 20.8. The molecule has 0 heterocycles. The molecule has 0 amide bonds. The van der Waals surface area contributed by atoms with E-state index >= 15 is 0 Å². The number of hydrogen-bond acceptors (Lipinski definition) is 3. The maximum absolute atomic E-state index is 11.4. The second-order valence-corrected chi connectivity index (χ2v) is 8.99. The number of nitrogens with one attached hydrogen (secondary N) is 2. The Kier molecular flexibility index (Phi) is 10.9. The van der Waals surface area contributed by atoms with Gasteiger partial charge in [0.15, 0.2) is 0 Å². The lowest BCUT2D eigenvalue weighted by Gasteiger charge is -2.30. The highest BCUT2D eigenvalue weighted by Gasteiger charge is 2.40. The summed E-state index contributed by atoms with van der Waals surface area (Å²) in [7, 11) is 0. The quantitative estimate of drug-likeness (QED) is 0.397. The number of benzene rings is 2. The van der Waals surface area contributed by atoms with Gasteiger partial charge in [-0.2, -0.15) is 0 Å². The maximum Gasteiger partial charge on any atom is 0.336 e. The number of rotatable bonds is 9. The van der Waals surface area contributed by atoms with E-state index in [0.717, 1.165) is 24.8 Å². The van der Waals surface area contributed by atoms with Gasteiger partial charge in [-0.25, -0.2) is 4.79 Å². The fraction of sp³-hybridized carbons (Fsp3) is 0.444. The van der Waals surface area contributed by atoms with Gasteiger partial charge < -0.3 is 15.7 Å². The smallest absolute Gasteiger partial charge is 0.336 e. The summed E-state index contributed by atoms with van der Waals surface area (Å²) in [6, 6.07) is 19.6. The third-order valence-corrected chi connectivity index (χ3v) is 6.83. The van der Waals surface area contributed by atoms with Gasteiger partial charge in [0.2, 0.25) is 0 Å². The van der Waals surface area contributed by atoms with Crippen LogP contribution < -0.4 is 10.6 Å². The third kappa shape index (κ3) is 7.58. The van der Waals surface area contributed by atoms with Crippen molar-refractivity contribution in [3.8, 4) is 0 Å². The molecule has 2 aromatic carbocycles. The Morgan fingerprint density at radius 2 is 1.61 bits per heavy atom. The first-order chi connectivity index (χ1) is 15.1. The van der Waals surface area contributed by atoms with Crippen LogP contribution in [0.2, 0.25) is 0 Å². The molecule has 2 atom stereocenters. The van der Waals surface area contributed by atoms with E-state index in [1.54, 1.807) is 17.7 Å². The summed E-state index contributed by atoms with van der Waals surface area (Å²) >= 11 is 0. The molecule has 6 heteroatoms. The number of carbonyl (C=O) groups is 1. The molecule has 2 fully saturated rings. The topological polar surface area (TPSA) is 61.4 Å². The molecular weight excluding hydrogens is 455 g/mol. The van der Waals surface area contributed by atoms with E-state index in [4.69, 9.17) is 0 Å². The van der Waals surface area contributed by atoms with Crippen molar-refractivity contribution in [1.29, 1.82) is 0 Å². The van der Waals surface area contributed by atoms with Crippen molar-refractivity contribution in [1.82, 2.24) is 10.6 Å². The molecule has 0 spiro atoms. The van der Waals surface area contributed by atoms with Crippen LogP contribution in [-0.2, 0) is 6.54 Å². The minimum absolute atomic E-state index is 0. The van der Waals surface area contributed by atoms with Crippen LogP contribution in [0.5, 0.6) is 0 Å². The molecule has 180 valence electrons. The van der Waals surface area contributed by atoms with Gasteiger partial charge in [0.25, 0.3) is 0 Å². The average Bonchev–Trinajstić information content (AvgIpc) is 3.56. The van der Waals surface area contributed by atoms with E-state index in [1.165, 1.54) is 24.8 Å². The summed E-state index contributed by atoms with van der Waals surface area (Å²) in [5.41, 5.74) is 4.14. The fourth-order valence-corrected chi connectivity index (χ4v) is 4.93. The summed E-state index contributed by atoms with van der Waals surface area (Å²) in [4.78, 5) is 11.4. The Hall–Kier alpha value is -1.85. The van der Waals surface area contributed by atoms with Gasteiger partial charge in [-0.05, 0) is 61.6 Å². The van der Waals surface area contributed by atoms with Crippen LogP contribution in [0.4, 0.5) is 0 Å². The number of carboxylic acid groups (broad SMARTS) is 1. The van der Waals surface area contributed by atoms with E-state index in [2.05, 4.69) is 54.0 Å². The van der Waals surface area contributed by atoms with Crippen molar-refractivity contribution in [2.24, 2.45) is 5.92 Å². The maximum atomic E-state index is 11.4. The minimum Gasteiger partial charge on any atom is -0.478 e. The number of hydrogen-bond donors (Lipinski definition) is 3. The SMILES string of the molecule is CC/C(=C\c1ccccc1)C1CC1NC1CCC(NCc2ccccc2C(=O)O)CC1.Cl.Cl. The first kappa shape index (κ1) is 27.4. The van der Waals surface area contributed by atoms with E-state index in [9.17, 15) is 9.90 Å². The van der Waals surface area contributed by atoms with Gasteiger partial charge in [-0.1, -0.05) is 67.1 Å². The molecule has 0 aliphatic heterocycles. The predicted molar refractivity (Wildman–Crippen MR) is 141 cm³/mol. The minimum atomic E-state index is -0.850. The van der Waals surface area contributed by atoms with Crippen molar-refractivity contribution in [2.75, 3.05) is 0 Å². The van der Waals surface area contributed by atoms with Crippen LogP contribution in [-0.4, -0.2) is 29.2 Å². The van der Waals surface area contributed by atoms with Gasteiger partial charge >= 0.3 is 5.97 Å². The highest BCUT2D eigenvalue weighted by atomic mass is 35.5. The van der Waals surface area contributed by atoms with Crippen LogP contribution in [0.1, 0.15) is 66.9 Å². The lowest BCUT2D eigenvalue weighted by atomic mass is 9.90. The summed E-state index contributed by atoms with van der Waals surface area (Å²) in [5.74, 6) is -0.161. The Morgan fingerprint density at radius 1 is 0.970 bits per heavy atom. The molecule has 33 heavy (non-hydrogen) atoms. The third-order valence-electron chi connectivity index (χ3n) is 6.83. The van der Waals surface area contributed by atoms with Crippen molar-refractivity contribution in [3.05, 3.63) is 76.9 Å². The standard InChI is InChI=1S/C27H34N2O2.2ClH/c1-2-20(16-19-8-4-3-5-9-19)25-17-26(25)29-23-14-12-22(13-15-23)28-18-21-10-6-7-11-24(21)27(30)31;;/h3-11,16,22-23,25-26,28-29H,2,12-15,17-18H2,1H3,(H,30,31);2*1H/b20-16+;;. The highest BCUT2D eigenvalue weighted by molar-refractivity contribution is 5.89. The van der Waals surface area contributed by atoms with Crippen LogP contribution >= 0.6 is 24.8 Å². The molecule has 4 rings (SSSR count). The lowest BCUT2D eigenvalue weighted by molar-refractivity contribution is 0.0695. The van der Waals surface area contributed by atoms with E-state index in [0.29, 0.717) is 36.2 Å². The number of aromatic carboxylic acids is 1. The Morgan fingerprint density at radius 3 is 2.27 bits per heavy atom. The zero-order valence-electron chi connectivity index (χ0n) is 19.2. The first-order valence-corrected chi connectivity index (χ1v) is 11.7. The van der Waals surface area contributed by atoms with E-state index < -0.39 is 5.97 Å². The fourth-order valence-electron chi connectivity index (χ4n) is 4.93. The molecule has 2 aliphatic carbocycles. The zero-order chi connectivity index (χ0) is 21.6. The largest absolute Gasteiger partial charge is 0.478 e. The molecule has 4 nitrogen and oxygen atoms in total. The second kappa shape index (κ2) is 13.1. The summed E-state index contributed by atoms with van der Waals surface area (Å²) < 4.78 is 0. The van der Waals surface area contributed by atoms with Crippen LogP contribution in [0.25, 0.3) is 6.08 Å². The van der Waals surface area contributed by atoms with Crippen molar-refractivity contribution >= 4 is 36.9 Å². The van der Waals surface area contributed by atoms with Crippen LogP contribution in [0, 0.1) is 5.92 Å². The molecular formula is C27H36Cl2N2O2. The van der Waals surface area contributed by atoms with Crippen LogP contribution in [0.15, 0.2) is 60.2 Å². The lowest BCUT2D eigenvalue weighted by Crippen LogP contribution is -2.41. The molecule has 2 aliphatic rings. The predicted octanol–water partition coefficient (Wildman–Crippen LogP) is 6.10. The van der Waals surface area contributed by atoms with Crippen molar-refractivity contribution in [2.45, 2.75) is 70.1 Å². The molecule has 0 radical (unpaired) electrons. The summed E-state index contributed by atoms with van der Waals surface area (Å²) in [5, 5.41) is 16.8. The Labute approximate surface area is 210 Å². The van der Waals surface area contributed by atoms with E-state index in [1.807, 2.05) is 12.1 Å². The van der Waals surface area contributed by atoms with Gasteiger partial charge in [0.05, 0.1) is 5.56 Å². The molecule has 0 bridgehead atoms. The van der Waals surface area contributed by atoms with Gasteiger partial charge in [-0.15, -0.1) is 24.8 Å². The molecule has 2 unspecified atom stereocenters. The Bertz CT molecular complexity index is 911. The molecule has 3 N–H and O–H groups in total. The van der Waals surface area contributed by atoms with Gasteiger partial charge in [0.1, 0.15) is 0 Å². The Balaban J connectivity index is 0.00000193. The van der Waals surface area contributed by atoms with Crippen LogP contribution in [0.3, 0.4) is 0 Å². The number of carboxylic acids is 1. The summed E-state index contributed by atoms with van der Waals surface area (Å²) in [6.45, 7) is 2.89. The monoisotopic (exact) mass is 490 g/mol. The van der Waals surface area contributed by atoms with Gasteiger partial charge in [-0.3, -0.25) is 0 Å². The summed E-state index contributed by atoms with van der Waals surface area (Å²) in [6.07, 6.45) is 9.41. The first-order valence-electron chi connectivity index (χ1n) is 11.7. The van der Waals surface area contributed by atoms with E-state index in [-0.39, 0.29) is 24.8 Å². The average molecular weight is 492 g/mol. The molecule has 0 aromatic heterocycles. The highest BCUT2D eigenvalue weighted by Crippen LogP contribution is 2.40. The van der Waals surface area contributed by atoms with Gasteiger partial charge in [0, 0.05) is 24.7 Å². The molecule has 2 aromatic rings. The van der Waals surface area contributed by atoms with Crippen molar-refractivity contribution in [3.63, 3.8) is 0 Å². The number of halogens is 2. The normalized spacial score (nSPS) is 24.3. The second-order valence-electron chi connectivity index (χ2n) is 8.99. The molecule has 2 saturated carbocycles.